The van der Waals surface area contributed by atoms with Crippen molar-refractivity contribution in [2.75, 3.05) is 12.4 Å². The second-order valence-electron chi connectivity index (χ2n) is 3.77. The molecule has 0 aliphatic carbocycles. The minimum Gasteiger partial charge on any atom is -0.494 e. The Kier molecular flexibility index (Phi) is 3.91. The molecule has 0 spiro atoms. The summed E-state index contributed by atoms with van der Waals surface area (Å²) in [5, 5.41) is 3.02. The topological polar surface area (TPSA) is 60.2 Å². The maximum atomic E-state index is 13.5. The van der Waals surface area contributed by atoms with Gasteiger partial charge in [0, 0.05) is 11.8 Å². The van der Waals surface area contributed by atoms with E-state index in [2.05, 4.69) is 10.3 Å². The molecule has 98 valence electrons. The van der Waals surface area contributed by atoms with Gasteiger partial charge in [0.2, 0.25) is 0 Å². The molecule has 2 aromatic rings. The number of thiocarbonyl (C=S) groups is 1. The molecule has 0 atom stereocenters. The van der Waals surface area contributed by atoms with Crippen LogP contribution in [0.5, 0.6) is 5.75 Å². The van der Waals surface area contributed by atoms with Crippen LogP contribution >= 0.6 is 12.2 Å². The number of halogens is 1. The number of benzene rings is 1. The van der Waals surface area contributed by atoms with Gasteiger partial charge in [0.15, 0.2) is 11.6 Å². The van der Waals surface area contributed by atoms with Crippen molar-refractivity contribution in [1.29, 1.82) is 0 Å². The van der Waals surface area contributed by atoms with Crippen LogP contribution in [-0.2, 0) is 0 Å². The van der Waals surface area contributed by atoms with Gasteiger partial charge in [-0.15, -0.1) is 0 Å². The van der Waals surface area contributed by atoms with E-state index in [1.165, 1.54) is 13.2 Å². The second kappa shape index (κ2) is 5.62. The lowest BCUT2D eigenvalue weighted by Crippen LogP contribution is -2.11. The van der Waals surface area contributed by atoms with Crippen LogP contribution in [0.25, 0.3) is 0 Å². The molecule has 0 saturated carbocycles. The van der Waals surface area contributed by atoms with Crippen molar-refractivity contribution in [2.45, 2.75) is 0 Å². The first-order valence-corrected chi connectivity index (χ1v) is 5.87. The normalized spacial score (nSPS) is 10.0. The van der Waals surface area contributed by atoms with Crippen LogP contribution in [0.15, 0.2) is 36.5 Å². The van der Waals surface area contributed by atoms with E-state index in [9.17, 15) is 4.39 Å². The fourth-order valence-corrected chi connectivity index (χ4v) is 1.65. The van der Waals surface area contributed by atoms with Gasteiger partial charge in [-0.3, -0.25) is 4.98 Å². The molecular formula is C13H12FN3OS. The number of pyridine rings is 1. The van der Waals surface area contributed by atoms with Crippen molar-refractivity contribution >= 4 is 28.6 Å². The Balaban J connectivity index is 2.16. The van der Waals surface area contributed by atoms with E-state index < -0.39 is 5.82 Å². The Morgan fingerprint density at radius 3 is 2.58 bits per heavy atom. The van der Waals surface area contributed by atoms with E-state index >= 15 is 0 Å². The number of aromatic nitrogens is 1. The smallest absolute Gasteiger partial charge is 0.167 e. The molecule has 0 bridgehead atoms. The molecule has 2 rings (SSSR count). The van der Waals surface area contributed by atoms with Gasteiger partial charge in [-0.2, -0.15) is 0 Å². The van der Waals surface area contributed by atoms with Crippen molar-refractivity contribution in [1.82, 2.24) is 4.98 Å². The predicted octanol–water partition coefficient (Wildman–Crippen LogP) is 2.61. The first-order chi connectivity index (χ1) is 9.10. The van der Waals surface area contributed by atoms with E-state index in [0.29, 0.717) is 17.1 Å². The van der Waals surface area contributed by atoms with Crippen molar-refractivity contribution in [2.24, 2.45) is 5.73 Å². The van der Waals surface area contributed by atoms with E-state index in [0.717, 1.165) is 0 Å². The van der Waals surface area contributed by atoms with Crippen LogP contribution in [-0.4, -0.2) is 17.1 Å². The first kappa shape index (κ1) is 13.2. The van der Waals surface area contributed by atoms with Crippen molar-refractivity contribution in [3.63, 3.8) is 0 Å². The minimum absolute atomic E-state index is 0.201. The molecular weight excluding hydrogens is 265 g/mol. The molecule has 0 aliphatic heterocycles. The lowest BCUT2D eigenvalue weighted by Gasteiger charge is -2.08. The molecule has 3 N–H and O–H groups in total. The summed E-state index contributed by atoms with van der Waals surface area (Å²) in [5.74, 6) is -0.229. The Bertz CT molecular complexity index is 601. The van der Waals surface area contributed by atoms with Crippen LogP contribution in [0.2, 0.25) is 0 Å². The molecule has 0 fully saturated rings. The minimum atomic E-state index is -0.430. The Morgan fingerprint density at radius 2 is 2.05 bits per heavy atom. The number of hydrogen-bond acceptors (Lipinski definition) is 4. The zero-order valence-electron chi connectivity index (χ0n) is 10.2. The number of nitrogens with zero attached hydrogens (tertiary/aromatic N) is 1. The lowest BCUT2D eigenvalue weighted by atomic mass is 10.2. The third-order valence-electron chi connectivity index (χ3n) is 2.46. The molecule has 1 heterocycles. The summed E-state index contributed by atoms with van der Waals surface area (Å²) < 4.78 is 18.4. The van der Waals surface area contributed by atoms with E-state index in [-0.39, 0.29) is 10.7 Å². The maximum Gasteiger partial charge on any atom is 0.167 e. The van der Waals surface area contributed by atoms with Gasteiger partial charge in [0.1, 0.15) is 4.99 Å². The van der Waals surface area contributed by atoms with Crippen LogP contribution in [0, 0.1) is 5.82 Å². The fraction of sp³-hybridized carbons (Fsp3) is 0.0769. The van der Waals surface area contributed by atoms with Gasteiger partial charge in [-0.1, -0.05) is 12.2 Å². The van der Waals surface area contributed by atoms with Gasteiger partial charge < -0.3 is 15.8 Å². The predicted molar refractivity (Wildman–Crippen MR) is 76.4 cm³/mol. The third-order valence-corrected chi connectivity index (χ3v) is 2.67. The Labute approximate surface area is 115 Å². The van der Waals surface area contributed by atoms with Crippen molar-refractivity contribution in [3.05, 3.63) is 48.0 Å². The number of rotatable bonds is 4. The maximum absolute atomic E-state index is 13.5. The lowest BCUT2D eigenvalue weighted by molar-refractivity contribution is 0.386. The summed E-state index contributed by atoms with van der Waals surface area (Å²) in [6.07, 6.45) is 1.58. The Hall–Kier alpha value is -2.21. The quantitative estimate of drug-likeness (QED) is 0.841. The SMILES string of the molecule is COc1ccc(Nc2ccc(C(N)=S)nc2)cc1F. The Morgan fingerprint density at radius 1 is 1.32 bits per heavy atom. The highest BCUT2D eigenvalue weighted by Crippen LogP contribution is 2.23. The number of nitrogens with one attached hydrogen (secondary N) is 1. The molecule has 6 heteroatoms. The number of hydrogen-bond donors (Lipinski definition) is 2. The van der Waals surface area contributed by atoms with Gasteiger partial charge in [0.25, 0.3) is 0 Å². The number of nitrogens with two attached hydrogens (primary N) is 1. The van der Waals surface area contributed by atoms with Gasteiger partial charge in [0.05, 0.1) is 24.7 Å². The largest absolute Gasteiger partial charge is 0.494 e. The molecule has 0 radical (unpaired) electrons. The molecule has 0 unspecified atom stereocenters. The molecule has 4 nitrogen and oxygen atoms in total. The zero-order chi connectivity index (χ0) is 13.8. The number of anilines is 2. The fourth-order valence-electron chi connectivity index (χ4n) is 1.52. The van der Waals surface area contributed by atoms with E-state index in [1.54, 1.807) is 30.5 Å². The van der Waals surface area contributed by atoms with Crippen LogP contribution < -0.4 is 15.8 Å². The standard InChI is InChI=1S/C13H12FN3OS/c1-18-12-5-3-8(6-10(12)14)17-9-2-4-11(13(15)19)16-7-9/h2-7,17H,1H3,(H2,15,19). The summed E-state index contributed by atoms with van der Waals surface area (Å²) in [6, 6.07) is 8.08. The zero-order valence-corrected chi connectivity index (χ0v) is 11.0. The highest BCUT2D eigenvalue weighted by atomic mass is 32.1. The highest BCUT2D eigenvalue weighted by molar-refractivity contribution is 7.80. The number of methoxy groups -OCH3 is 1. The monoisotopic (exact) mass is 277 g/mol. The van der Waals surface area contributed by atoms with Crippen LogP contribution in [0.1, 0.15) is 5.69 Å². The molecule has 1 aromatic heterocycles. The summed E-state index contributed by atoms with van der Waals surface area (Å²) in [6.45, 7) is 0. The van der Waals surface area contributed by atoms with Crippen molar-refractivity contribution in [3.8, 4) is 5.75 Å². The summed E-state index contributed by atoms with van der Waals surface area (Å²) in [7, 11) is 1.42. The molecule has 1 aromatic carbocycles. The van der Waals surface area contributed by atoms with E-state index in [4.69, 9.17) is 22.7 Å². The van der Waals surface area contributed by atoms with Crippen LogP contribution in [0.3, 0.4) is 0 Å². The second-order valence-corrected chi connectivity index (χ2v) is 4.21. The molecule has 0 aliphatic rings. The van der Waals surface area contributed by atoms with Gasteiger partial charge in [-0.05, 0) is 24.3 Å². The van der Waals surface area contributed by atoms with Crippen molar-refractivity contribution < 1.29 is 9.13 Å². The van der Waals surface area contributed by atoms with Gasteiger partial charge in [-0.25, -0.2) is 4.39 Å². The highest BCUT2D eigenvalue weighted by Gasteiger charge is 2.04. The molecule has 19 heavy (non-hydrogen) atoms. The molecule has 0 amide bonds. The molecule has 0 saturated heterocycles. The average Bonchev–Trinajstić information content (AvgIpc) is 2.39. The third kappa shape index (κ3) is 3.17. The summed E-state index contributed by atoms with van der Waals surface area (Å²) in [5.41, 5.74) is 7.31. The average molecular weight is 277 g/mol. The van der Waals surface area contributed by atoms with Gasteiger partial charge >= 0.3 is 0 Å². The summed E-state index contributed by atoms with van der Waals surface area (Å²) >= 11 is 4.81. The van der Waals surface area contributed by atoms with Crippen LogP contribution in [0.4, 0.5) is 15.8 Å². The number of ether oxygens (including phenoxy) is 1. The van der Waals surface area contributed by atoms with E-state index in [1.807, 2.05) is 0 Å². The first-order valence-electron chi connectivity index (χ1n) is 5.46. The summed E-state index contributed by atoms with van der Waals surface area (Å²) in [4.78, 5) is 4.32.